The van der Waals surface area contributed by atoms with Crippen molar-refractivity contribution in [3.8, 4) is 0 Å². The lowest BCUT2D eigenvalue weighted by Gasteiger charge is -2.33. The fraction of sp³-hybridized carbons (Fsp3) is 0.722. The van der Waals surface area contributed by atoms with E-state index in [1.807, 2.05) is 12.1 Å². The van der Waals surface area contributed by atoms with Crippen molar-refractivity contribution in [1.82, 2.24) is 14.2 Å². The first-order valence-corrected chi connectivity index (χ1v) is 10.9. The summed E-state index contributed by atoms with van der Waals surface area (Å²) >= 11 is 0. The zero-order valence-corrected chi connectivity index (χ0v) is 15.7. The highest BCUT2D eigenvalue weighted by atomic mass is 32.2. The summed E-state index contributed by atoms with van der Waals surface area (Å²) in [6.07, 6.45) is 7.12. The molecule has 0 atom stereocenters. The van der Waals surface area contributed by atoms with E-state index in [0.29, 0.717) is 25.4 Å². The Morgan fingerprint density at radius 3 is 2.44 bits per heavy atom. The van der Waals surface area contributed by atoms with E-state index in [1.54, 1.807) is 16.7 Å². The van der Waals surface area contributed by atoms with Gasteiger partial charge in [0.05, 0.1) is 19.0 Å². The first-order chi connectivity index (χ1) is 12.1. The molecule has 0 radical (unpaired) electrons. The van der Waals surface area contributed by atoms with Crippen LogP contribution in [-0.4, -0.2) is 74.3 Å². The minimum atomic E-state index is -3.15. The molecule has 25 heavy (non-hydrogen) atoms. The second-order valence-corrected chi connectivity index (χ2v) is 9.10. The molecule has 2 aliphatic rings. The Hall–Kier alpha value is -1.02. The Labute approximate surface area is 151 Å². The number of nitrogens with zero attached hydrogens (tertiary/aromatic N) is 3. The van der Waals surface area contributed by atoms with E-state index in [4.69, 9.17) is 4.74 Å². The molecule has 6 nitrogen and oxygen atoms in total. The molecule has 3 heterocycles. The molecule has 2 aliphatic heterocycles. The summed E-state index contributed by atoms with van der Waals surface area (Å²) in [6.45, 7) is 6.20. The average molecular weight is 368 g/mol. The van der Waals surface area contributed by atoms with E-state index in [1.165, 1.54) is 6.42 Å². The quantitative estimate of drug-likeness (QED) is 0.729. The summed E-state index contributed by atoms with van der Waals surface area (Å²) in [6, 6.07) is 3.76. The number of sulfonamides is 1. The van der Waals surface area contributed by atoms with Gasteiger partial charge >= 0.3 is 0 Å². The SMILES string of the molecule is O=S(=O)(CCc1ccncc1)N1CCC(CCN2CCOCC2)CC1. The van der Waals surface area contributed by atoms with E-state index in [9.17, 15) is 8.42 Å². The molecule has 0 saturated carbocycles. The Morgan fingerprint density at radius 2 is 1.76 bits per heavy atom. The number of aryl methyl sites for hydroxylation is 1. The number of hydrogen-bond acceptors (Lipinski definition) is 5. The highest BCUT2D eigenvalue weighted by molar-refractivity contribution is 7.89. The van der Waals surface area contributed by atoms with Gasteiger partial charge in [-0.2, -0.15) is 0 Å². The van der Waals surface area contributed by atoms with Crippen molar-refractivity contribution in [2.45, 2.75) is 25.7 Å². The zero-order chi connectivity index (χ0) is 17.5. The van der Waals surface area contributed by atoms with Crippen LogP contribution in [0.3, 0.4) is 0 Å². The second-order valence-electron chi connectivity index (χ2n) is 7.01. The number of aromatic nitrogens is 1. The van der Waals surface area contributed by atoms with Gasteiger partial charge in [-0.1, -0.05) is 0 Å². The molecule has 0 N–H and O–H groups in total. The van der Waals surface area contributed by atoms with Gasteiger partial charge in [0.2, 0.25) is 10.0 Å². The standard InChI is InChI=1S/C18H29N3O3S/c22-25(23,16-6-17-1-7-19-8-2-17)21-10-4-18(5-11-21)3-9-20-12-14-24-15-13-20/h1-2,7-8,18H,3-6,9-16H2. The predicted octanol–water partition coefficient (Wildman–Crippen LogP) is 1.39. The topological polar surface area (TPSA) is 62.7 Å². The summed E-state index contributed by atoms with van der Waals surface area (Å²) in [7, 11) is -3.15. The third-order valence-corrected chi connectivity index (χ3v) is 7.19. The molecule has 0 spiro atoms. The highest BCUT2D eigenvalue weighted by Gasteiger charge is 2.28. The van der Waals surface area contributed by atoms with Crippen molar-refractivity contribution >= 4 is 10.0 Å². The summed E-state index contributed by atoms with van der Waals surface area (Å²) < 4.78 is 32.2. The van der Waals surface area contributed by atoms with Gasteiger partial charge in [-0.3, -0.25) is 9.88 Å². The number of hydrogen-bond donors (Lipinski definition) is 0. The van der Waals surface area contributed by atoms with Crippen LogP contribution < -0.4 is 0 Å². The normalized spacial score (nSPS) is 21.4. The van der Waals surface area contributed by atoms with Crippen LogP contribution in [0.2, 0.25) is 0 Å². The first-order valence-electron chi connectivity index (χ1n) is 9.30. The first kappa shape index (κ1) is 18.8. The molecule has 0 aliphatic carbocycles. The van der Waals surface area contributed by atoms with E-state index in [0.717, 1.165) is 51.3 Å². The lowest BCUT2D eigenvalue weighted by atomic mass is 9.94. The maximum absolute atomic E-state index is 12.6. The number of rotatable bonds is 7. The monoisotopic (exact) mass is 367 g/mol. The molecule has 0 amide bonds. The van der Waals surface area contributed by atoms with Crippen molar-refractivity contribution in [2.75, 3.05) is 51.7 Å². The number of morpholine rings is 1. The second kappa shape index (κ2) is 9.07. The predicted molar refractivity (Wildman–Crippen MR) is 97.9 cm³/mol. The van der Waals surface area contributed by atoms with Gasteiger partial charge in [-0.25, -0.2) is 12.7 Å². The van der Waals surface area contributed by atoms with Crippen molar-refractivity contribution in [1.29, 1.82) is 0 Å². The molecule has 0 bridgehead atoms. The Kier molecular flexibility index (Phi) is 6.81. The smallest absolute Gasteiger partial charge is 0.214 e. The summed E-state index contributed by atoms with van der Waals surface area (Å²) in [5.41, 5.74) is 1.03. The van der Waals surface area contributed by atoms with Crippen LogP contribution in [0.25, 0.3) is 0 Å². The van der Waals surface area contributed by atoms with E-state index in [2.05, 4.69) is 9.88 Å². The lowest BCUT2D eigenvalue weighted by molar-refractivity contribution is 0.0343. The van der Waals surface area contributed by atoms with Crippen LogP contribution in [0.1, 0.15) is 24.8 Å². The third kappa shape index (κ3) is 5.74. The van der Waals surface area contributed by atoms with Crippen molar-refractivity contribution in [3.63, 3.8) is 0 Å². The van der Waals surface area contributed by atoms with Gasteiger partial charge in [0.25, 0.3) is 0 Å². The highest BCUT2D eigenvalue weighted by Crippen LogP contribution is 2.23. The molecule has 7 heteroatoms. The average Bonchev–Trinajstić information content (AvgIpc) is 2.67. The molecule has 2 fully saturated rings. The summed E-state index contributed by atoms with van der Waals surface area (Å²) in [5, 5.41) is 0. The van der Waals surface area contributed by atoms with Crippen LogP contribution in [0, 0.1) is 5.92 Å². The van der Waals surface area contributed by atoms with Gasteiger partial charge in [0.1, 0.15) is 0 Å². The van der Waals surface area contributed by atoms with Gasteiger partial charge in [0.15, 0.2) is 0 Å². The summed E-state index contributed by atoms with van der Waals surface area (Å²) in [5.74, 6) is 0.838. The van der Waals surface area contributed by atoms with Crippen molar-refractivity contribution in [3.05, 3.63) is 30.1 Å². The lowest BCUT2D eigenvalue weighted by Crippen LogP contribution is -2.41. The Bertz CT molecular complexity index is 610. The number of pyridine rings is 1. The molecule has 0 unspecified atom stereocenters. The minimum absolute atomic E-state index is 0.190. The maximum atomic E-state index is 12.6. The van der Waals surface area contributed by atoms with Crippen LogP contribution >= 0.6 is 0 Å². The molecular weight excluding hydrogens is 338 g/mol. The molecule has 1 aromatic rings. The molecule has 1 aromatic heterocycles. The Balaban J connectivity index is 1.40. The molecule has 2 saturated heterocycles. The fourth-order valence-electron chi connectivity index (χ4n) is 3.59. The molecular formula is C18H29N3O3S. The van der Waals surface area contributed by atoms with Crippen LogP contribution in [0.5, 0.6) is 0 Å². The van der Waals surface area contributed by atoms with Crippen LogP contribution in [0.4, 0.5) is 0 Å². The van der Waals surface area contributed by atoms with Gasteiger partial charge < -0.3 is 4.74 Å². The molecule has 0 aromatic carbocycles. The van der Waals surface area contributed by atoms with E-state index in [-0.39, 0.29) is 5.75 Å². The van der Waals surface area contributed by atoms with Crippen LogP contribution in [-0.2, 0) is 21.2 Å². The van der Waals surface area contributed by atoms with Gasteiger partial charge in [-0.05, 0) is 55.8 Å². The Morgan fingerprint density at radius 1 is 1.08 bits per heavy atom. The van der Waals surface area contributed by atoms with Gasteiger partial charge in [0, 0.05) is 38.6 Å². The van der Waals surface area contributed by atoms with Crippen molar-refractivity contribution < 1.29 is 13.2 Å². The number of ether oxygens (including phenoxy) is 1. The molecule has 140 valence electrons. The van der Waals surface area contributed by atoms with Crippen LogP contribution in [0.15, 0.2) is 24.5 Å². The maximum Gasteiger partial charge on any atom is 0.214 e. The minimum Gasteiger partial charge on any atom is -0.379 e. The number of piperidine rings is 1. The third-order valence-electron chi connectivity index (χ3n) is 5.32. The fourth-order valence-corrected chi connectivity index (χ4v) is 5.11. The molecule has 3 rings (SSSR count). The summed E-state index contributed by atoms with van der Waals surface area (Å²) in [4.78, 5) is 6.43. The van der Waals surface area contributed by atoms with E-state index < -0.39 is 10.0 Å². The van der Waals surface area contributed by atoms with E-state index >= 15 is 0 Å². The largest absolute Gasteiger partial charge is 0.379 e. The zero-order valence-electron chi connectivity index (χ0n) is 14.8. The van der Waals surface area contributed by atoms with Crippen molar-refractivity contribution in [2.24, 2.45) is 5.92 Å². The van der Waals surface area contributed by atoms with Gasteiger partial charge in [-0.15, -0.1) is 0 Å².